The number of nitrogens with zero attached hydrogens (tertiary/aromatic N) is 2. The fraction of sp³-hybridized carbons (Fsp3) is 0.353. The first-order valence-corrected chi connectivity index (χ1v) is 7.16. The van der Waals surface area contributed by atoms with E-state index in [1.165, 1.54) is 16.7 Å². The molecule has 0 bridgehead atoms. The van der Waals surface area contributed by atoms with Crippen molar-refractivity contribution in [3.63, 3.8) is 0 Å². The average Bonchev–Trinajstić information content (AvgIpc) is 2.83. The van der Waals surface area contributed by atoms with Crippen molar-refractivity contribution in [2.45, 2.75) is 25.4 Å². The summed E-state index contributed by atoms with van der Waals surface area (Å²) in [7, 11) is 0. The Morgan fingerprint density at radius 3 is 2.75 bits per heavy atom. The van der Waals surface area contributed by atoms with Crippen molar-refractivity contribution in [3.8, 4) is 0 Å². The van der Waals surface area contributed by atoms with Gasteiger partial charge < -0.3 is 5.73 Å². The number of pyridine rings is 1. The van der Waals surface area contributed by atoms with E-state index < -0.39 is 0 Å². The van der Waals surface area contributed by atoms with Gasteiger partial charge in [-0.1, -0.05) is 30.3 Å². The molecule has 2 aromatic rings. The Labute approximate surface area is 120 Å². The molecule has 1 aliphatic heterocycles. The van der Waals surface area contributed by atoms with Crippen molar-refractivity contribution in [1.82, 2.24) is 9.88 Å². The summed E-state index contributed by atoms with van der Waals surface area (Å²) in [5, 5.41) is 0. The molecule has 1 aromatic carbocycles. The van der Waals surface area contributed by atoms with Crippen LogP contribution in [0.15, 0.2) is 48.8 Å². The van der Waals surface area contributed by atoms with Gasteiger partial charge in [-0.25, -0.2) is 0 Å². The molecule has 2 N–H and O–H groups in total. The quantitative estimate of drug-likeness (QED) is 0.928. The van der Waals surface area contributed by atoms with E-state index in [4.69, 9.17) is 5.73 Å². The molecule has 104 valence electrons. The zero-order valence-electron chi connectivity index (χ0n) is 11.9. The molecule has 0 radical (unpaired) electrons. The lowest BCUT2D eigenvalue weighted by Gasteiger charge is -2.17. The van der Waals surface area contributed by atoms with Crippen molar-refractivity contribution in [3.05, 3.63) is 65.5 Å². The van der Waals surface area contributed by atoms with Gasteiger partial charge in [-0.15, -0.1) is 0 Å². The molecule has 0 amide bonds. The second-order valence-corrected chi connectivity index (χ2v) is 5.68. The lowest BCUT2D eigenvalue weighted by molar-refractivity contribution is 0.322. The summed E-state index contributed by atoms with van der Waals surface area (Å²) >= 11 is 0. The maximum atomic E-state index is 6.34. The average molecular weight is 267 g/mol. The second kappa shape index (κ2) is 5.73. The highest BCUT2D eigenvalue weighted by Gasteiger charge is 2.31. The number of rotatable bonds is 3. The van der Waals surface area contributed by atoms with Gasteiger partial charge in [0.25, 0.3) is 0 Å². The van der Waals surface area contributed by atoms with Gasteiger partial charge in [-0.2, -0.15) is 0 Å². The smallest absolute Gasteiger partial charge is 0.0315 e. The fourth-order valence-corrected chi connectivity index (χ4v) is 3.00. The third kappa shape index (κ3) is 2.74. The molecule has 0 unspecified atom stereocenters. The predicted octanol–water partition coefficient (Wildman–Crippen LogP) is 2.32. The van der Waals surface area contributed by atoms with Gasteiger partial charge in [-0.05, 0) is 29.7 Å². The first-order chi connectivity index (χ1) is 9.74. The molecule has 3 rings (SSSR count). The summed E-state index contributed by atoms with van der Waals surface area (Å²) in [6.07, 6.45) is 3.82. The SMILES string of the molecule is Cc1ccncc1CN1C[C@@H](N)[C@H](c2ccccc2)C1. The predicted molar refractivity (Wildman–Crippen MR) is 81.4 cm³/mol. The van der Waals surface area contributed by atoms with Crippen LogP contribution in [0.25, 0.3) is 0 Å². The summed E-state index contributed by atoms with van der Waals surface area (Å²) in [5.74, 6) is 0.438. The number of likely N-dealkylation sites (tertiary alicyclic amines) is 1. The molecular weight excluding hydrogens is 246 g/mol. The van der Waals surface area contributed by atoms with Crippen molar-refractivity contribution < 1.29 is 0 Å². The number of hydrogen-bond donors (Lipinski definition) is 1. The maximum absolute atomic E-state index is 6.34. The minimum Gasteiger partial charge on any atom is -0.326 e. The summed E-state index contributed by atoms with van der Waals surface area (Å²) < 4.78 is 0. The largest absolute Gasteiger partial charge is 0.326 e. The first-order valence-electron chi connectivity index (χ1n) is 7.16. The van der Waals surface area contributed by atoms with E-state index in [2.05, 4.69) is 53.2 Å². The molecule has 0 saturated carbocycles. The van der Waals surface area contributed by atoms with Gasteiger partial charge in [0.1, 0.15) is 0 Å². The highest BCUT2D eigenvalue weighted by molar-refractivity contribution is 5.25. The Bertz CT molecular complexity index is 567. The molecule has 0 aliphatic carbocycles. The molecular formula is C17H21N3. The van der Waals surface area contributed by atoms with E-state index in [0.29, 0.717) is 5.92 Å². The van der Waals surface area contributed by atoms with Crippen LogP contribution >= 0.6 is 0 Å². The molecule has 20 heavy (non-hydrogen) atoms. The van der Waals surface area contributed by atoms with Gasteiger partial charge in [0.05, 0.1) is 0 Å². The van der Waals surface area contributed by atoms with Crippen LogP contribution in [0.5, 0.6) is 0 Å². The van der Waals surface area contributed by atoms with E-state index >= 15 is 0 Å². The third-order valence-electron chi connectivity index (χ3n) is 4.21. The molecule has 3 heteroatoms. The van der Waals surface area contributed by atoms with Crippen LogP contribution in [0, 0.1) is 6.92 Å². The minimum atomic E-state index is 0.217. The topological polar surface area (TPSA) is 42.2 Å². The number of aryl methyl sites for hydroxylation is 1. The van der Waals surface area contributed by atoms with Crippen LogP contribution in [-0.4, -0.2) is 29.0 Å². The van der Waals surface area contributed by atoms with Gasteiger partial charge in [0, 0.05) is 44.0 Å². The molecule has 1 aromatic heterocycles. The zero-order valence-corrected chi connectivity index (χ0v) is 11.9. The second-order valence-electron chi connectivity index (χ2n) is 5.68. The van der Waals surface area contributed by atoms with Crippen molar-refractivity contribution in [1.29, 1.82) is 0 Å². The number of hydrogen-bond acceptors (Lipinski definition) is 3. The first kappa shape index (κ1) is 13.3. The Hall–Kier alpha value is -1.71. The molecule has 2 atom stereocenters. The highest BCUT2D eigenvalue weighted by atomic mass is 15.2. The maximum Gasteiger partial charge on any atom is 0.0315 e. The van der Waals surface area contributed by atoms with Crippen molar-refractivity contribution in [2.75, 3.05) is 13.1 Å². The van der Waals surface area contributed by atoms with Crippen LogP contribution in [0.1, 0.15) is 22.6 Å². The summed E-state index contributed by atoms with van der Waals surface area (Å²) in [6.45, 7) is 5.06. The van der Waals surface area contributed by atoms with Crippen LogP contribution in [0.2, 0.25) is 0 Å². The monoisotopic (exact) mass is 267 g/mol. The van der Waals surface area contributed by atoms with Crippen LogP contribution in [0.4, 0.5) is 0 Å². The lowest BCUT2D eigenvalue weighted by Crippen LogP contribution is -2.28. The Morgan fingerprint density at radius 2 is 2.00 bits per heavy atom. The van der Waals surface area contributed by atoms with Gasteiger partial charge in [-0.3, -0.25) is 9.88 Å². The van der Waals surface area contributed by atoms with E-state index in [9.17, 15) is 0 Å². The highest BCUT2D eigenvalue weighted by Crippen LogP contribution is 2.27. The van der Waals surface area contributed by atoms with Crippen molar-refractivity contribution >= 4 is 0 Å². The summed E-state index contributed by atoms with van der Waals surface area (Å²) in [5.41, 5.74) is 10.3. The minimum absolute atomic E-state index is 0.217. The fourth-order valence-electron chi connectivity index (χ4n) is 3.00. The zero-order chi connectivity index (χ0) is 13.9. The summed E-state index contributed by atoms with van der Waals surface area (Å²) in [4.78, 5) is 6.66. The van der Waals surface area contributed by atoms with Crippen LogP contribution in [-0.2, 0) is 6.54 Å². The van der Waals surface area contributed by atoms with Gasteiger partial charge in [0.2, 0.25) is 0 Å². The Morgan fingerprint density at radius 1 is 1.20 bits per heavy atom. The van der Waals surface area contributed by atoms with E-state index in [1.807, 2.05) is 12.4 Å². The van der Waals surface area contributed by atoms with E-state index in [1.54, 1.807) is 0 Å². The van der Waals surface area contributed by atoms with Gasteiger partial charge >= 0.3 is 0 Å². The molecule has 2 heterocycles. The lowest BCUT2D eigenvalue weighted by atomic mass is 9.95. The third-order valence-corrected chi connectivity index (χ3v) is 4.21. The van der Waals surface area contributed by atoms with Crippen LogP contribution < -0.4 is 5.73 Å². The standard InChI is InChI=1S/C17H21N3/c1-13-7-8-19-9-15(13)10-20-11-16(17(18)12-20)14-5-3-2-4-6-14/h2-9,16-17H,10-12,18H2,1H3/t16-,17+/m0/s1. The number of aromatic nitrogens is 1. The Balaban J connectivity index is 1.71. The number of benzene rings is 1. The molecule has 0 spiro atoms. The van der Waals surface area contributed by atoms with Gasteiger partial charge in [0.15, 0.2) is 0 Å². The molecule has 1 saturated heterocycles. The normalized spacial score (nSPS) is 23.1. The summed E-state index contributed by atoms with van der Waals surface area (Å²) in [6, 6.07) is 12.9. The number of nitrogens with two attached hydrogens (primary N) is 1. The molecule has 1 aliphatic rings. The Kier molecular flexibility index (Phi) is 3.81. The molecule has 1 fully saturated rings. The molecule has 3 nitrogen and oxygen atoms in total. The van der Waals surface area contributed by atoms with Crippen molar-refractivity contribution in [2.24, 2.45) is 5.73 Å². The van der Waals surface area contributed by atoms with Crippen LogP contribution in [0.3, 0.4) is 0 Å². The van der Waals surface area contributed by atoms with E-state index in [0.717, 1.165) is 19.6 Å². The van der Waals surface area contributed by atoms with E-state index in [-0.39, 0.29) is 6.04 Å².